The second kappa shape index (κ2) is 7.63. The highest BCUT2D eigenvalue weighted by atomic mass is 32.1. The maximum atomic E-state index is 7.98. The maximum absolute atomic E-state index is 7.98. The number of rotatable bonds is 5. The maximum Gasteiger partial charge on any atom is 0.211 e. The van der Waals surface area contributed by atoms with Gasteiger partial charge in [-0.3, -0.25) is 4.98 Å². The number of nitrogens with one attached hydrogen (secondary N) is 2. The fraction of sp³-hybridized carbons (Fsp3) is 0.350. The fourth-order valence-corrected chi connectivity index (χ4v) is 4.60. The van der Waals surface area contributed by atoms with Crippen LogP contribution in [0.25, 0.3) is 16.6 Å². The van der Waals surface area contributed by atoms with Crippen LogP contribution in [-0.2, 0) is 0 Å². The molecule has 1 aliphatic carbocycles. The Morgan fingerprint density at radius 2 is 1.96 bits per heavy atom. The van der Waals surface area contributed by atoms with E-state index in [1.165, 1.54) is 25.7 Å². The lowest BCUT2D eigenvalue weighted by Gasteiger charge is -2.09. The summed E-state index contributed by atoms with van der Waals surface area (Å²) >= 11 is 1.61. The number of nitrogens with two attached hydrogens (primary N) is 1. The molecule has 0 aromatic carbocycles. The number of fused-ring (bicyclic) bond motifs is 1. The third-order valence-electron chi connectivity index (χ3n) is 4.98. The van der Waals surface area contributed by atoms with E-state index < -0.39 is 0 Å². The van der Waals surface area contributed by atoms with Crippen molar-refractivity contribution in [3.8, 4) is 0 Å². The first kappa shape index (κ1) is 18.5. The third-order valence-corrected chi connectivity index (χ3v) is 5.98. The summed E-state index contributed by atoms with van der Waals surface area (Å²) in [4.78, 5) is 9.14. The van der Waals surface area contributed by atoms with Crippen LogP contribution in [-0.4, -0.2) is 25.9 Å². The molecule has 0 saturated heterocycles. The van der Waals surface area contributed by atoms with Gasteiger partial charge in [0.05, 0.1) is 11.0 Å². The molecule has 1 aliphatic rings. The van der Waals surface area contributed by atoms with Crippen molar-refractivity contribution in [3.63, 3.8) is 0 Å². The lowest BCUT2D eigenvalue weighted by Crippen LogP contribution is -2.05. The van der Waals surface area contributed by atoms with Crippen LogP contribution in [0, 0.1) is 5.41 Å². The van der Waals surface area contributed by atoms with Crippen LogP contribution in [0.15, 0.2) is 30.1 Å². The van der Waals surface area contributed by atoms with Crippen molar-refractivity contribution in [2.75, 3.05) is 5.32 Å². The van der Waals surface area contributed by atoms with Crippen LogP contribution in [0.1, 0.15) is 56.0 Å². The molecule has 4 N–H and O–H groups in total. The van der Waals surface area contributed by atoms with Crippen LogP contribution in [0.2, 0.25) is 0 Å². The standard InChI is InChI=1S/C20H23N7S/c1-11(21)18(12(2)22)14-9-16-15(23-10-14)7-8-17(24-16)25-20-27-26-19(28-20)13-5-3-4-6-13/h7-10,13,21H,3-6,22H2,1-2H3,(H,24,25,27)/b18-12+,21-11?. The SMILES string of the molecule is CC(=N)/C(=C(/C)N)c1cnc2ccc(Nc3nnc(C4CCCC4)s3)nc2c1. The smallest absolute Gasteiger partial charge is 0.211 e. The molecule has 0 aliphatic heterocycles. The second-order valence-corrected chi connectivity index (χ2v) is 8.20. The molecule has 1 fully saturated rings. The molecule has 0 amide bonds. The molecular weight excluding hydrogens is 370 g/mol. The van der Waals surface area contributed by atoms with Gasteiger partial charge in [-0.2, -0.15) is 0 Å². The van der Waals surface area contributed by atoms with Gasteiger partial charge in [0.15, 0.2) is 0 Å². The highest BCUT2D eigenvalue weighted by Crippen LogP contribution is 2.37. The van der Waals surface area contributed by atoms with Crippen molar-refractivity contribution in [2.45, 2.75) is 45.4 Å². The summed E-state index contributed by atoms with van der Waals surface area (Å²) in [5.74, 6) is 1.25. The van der Waals surface area contributed by atoms with Gasteiger partial charge in [-0.25, -0.2) is 4.98 Å². The molecule has 4 rings (SSSR count). The average molecular weight is 394 g/mol. The van der Waals surface area contributed by atoms with E-state index in [1.807, 2.05) is 18.2 Å². The zero-order chi connectivity index (χ0) is 19.7. The Hall–Kier alpha value is -2.87. The molecule has 0 unspecified atom stereocenters. The minimum atomic E-state index is 0.406. The Labute approximate surface area is 167 Å². The summed E-state index contributed by atoms with van der Waals surface area (Å²) in [5.41, 5.74) is 9.98. The first-order valence-electron chi connectivity index (χ1n) is 9.41. The van der Waals surface area contributed by atoms with Crippen LogP contribution in [0.4, 0.5) is 10.9 Å². The third kappa shape index (κ3) is 3.73. The van der Waals surface area contributed by atoms with Gasteiger partial charge < -0.3 is 16.5 Å². The summed E-state index contributed by atoms with van der Waals surface area (Å²) in [6.45, 7) is 3.51. The van der Waals surface area contributed by atoms with Crippen molar-refractivity contribution < 1.29 is 0 Å². The van der Waals surface area contributed by atoms with E-state index in [-0.39, 0.29) is 0 Å². The van der Waals surface area contributed by atoms with E-state index in [1.54, 1.807) is 31.4 Å². The summed E-state index contributed by atoms with van der Waals surface area (Å²) in [6.07, 6.45) is 6.71. The molecule has 3 heterocycles. The van der Waals surface area contributed by atoms with Gasteiger partial charge in [0.1, 0.15) is 10.8 Å². The van der Waals surface area contributed by atoms with Crippen LogP contribution in [0.5, 0.6) is 0 Å². The molecule has 3 aromatic heterocycles. The van der Waals surface area contributed by atoms with E-state index in [9.17, 15) is 0 Å². The molecule has 0 bridgehead atoms. The van der Waals surface area contributed by atoms with Crippen LogP contribution in [0.3, 0.4) is 0 Å². The Kier molecular flexibility index (Phi) is 5.04. The molecule has 28 heavy (non-hydrogen) atoms. The first-order chi connectivity index (χ1) is 13.5. The van der Waals surface area contributed by atoms with Crippen molar-refractivity contribution in [3.05, 3.63) is 40.7 Å². The van der Waals surface area contributed by atoms with E-state index in [0.29, 0.717) is 28.7 Å². The van der Waals surface area contributed by atoms with Crippen molar-refractivity contribution in [1.29, 1.82) is 5.41 Å². The van der Waals surface area contributed by atoms with Gasteiger partial charge in [0.2, 0.25) is 5.13 Å². The van der Waals surface area contributed by atoms with Crippen LogP contribution < -0.4 is 11.1 Å². The van der Waals surface area contributed by atoms with Gasteiger partial charge in [-0.15, -0.1) is 10.2 Å². The Balaban J connectivity index is 1.62. The highest BCUT2D eigenvalue weighted by Gasteiger charge is 2.21. The quantitative estimate of drug-likeness (QED) is 0.545. The topological polar surface area (TPSA) is 113 Å². The van der Waals surface area contributed by atoms with Gasteiger partial charge >= 0.3 is 0 Å². The Morgan fingerprint density at radius 1 is 1.18 bits per heavy atom. The van der Waals surface area contributed by atoms with Crippen molar-refractivity contribution in [1.82, 2.24) is 20.2 Å². The Bertz CT molecular complexity index is 1060. The lowest BCUT2D eigenvalue weighted by atomic mass is 10.0. The van der Waals surface area contributed by atoms with Gasteiger partial charge in [-0.1, -0.05) is 24.2 Å². The monoisotopic (exact) mass is 393 g/mol. The summed E-state index contributed by atoms with van der Waals surface area (Å²) in [7, 11) is 0. The summed E-state index contributed by atoms with van der Waals surface area (Å²) in [5, 5.41) is 21.7. The number of anilines is 2. The number of hydrogen-bond acceptors (Lipinski definition) is 8. The van der Waals surface area contributed by atoms with E-state index in [4.69, 9.17) is 11.1 Å². The molecule has 0 radical (unpaired) electrons. The zero-order valence-corrected chi connectivity index (χ0v) is 16.8. The minimum absolute atomic E-state index is 0.406. The second-order valence-electron chi connectivity index (χ2n) is 7.19. The minimum Gasteiger partial charge on any atom is -0.402 e. The lowest BCUT2D eigenvalue weighted by molar-refractivity contribution is 0.705. The average Bonchev–Trinajstić information content (AvgIpc) is 3.32. The number of hydrogen-bond donors (Lipinski definition) is 3. The first-order valence-corrected chi connectivity index (χ1v) is 10.2. The zero-order valence-electron chi connectivity index (χ0n) is 16.0. The summed E-state index contributed by atoms with van der Waals surface area (Å²) in [6, 6.07) is 5.73. The van der Waals surface area contributed by atoms with Crippen molar-refractivity contribution >= 4 is 44.6 Å². The van der Waals surface area contributed by atoms with Crippen molar-refractivity contribution in [2.24, 2.45) is 5.73 Å². The molecule has 0 spiro atoms. The number of nitrogens with zero attached hydrogens (tertiary/aromatic N) is 4. The predicted octanol–water partition coefficient (Wildman–Crippen LogP) is 4.61. The number of aromatic nitrogens is 4. The van der Waals surface area contributed by atoms with Crippen LogP contribution >= 0.6 is 11.3 Å². The number of pyridine rings is 2. The number of allylic oxidation sites excluding steroid dienone is 2. The van der Waals surface area contributed by atoms with Gasteiger partial charge in [0, 0.05) is 34.7 Å². The van der Waals surface area contributed by atoms with E-state index in [2.05, 4.69) is 25.5 Å². The highest BCUT2D eigenvalue weighted by molar-refractivity contribution is 7.15. The normalized spacial score (nSPS) is 15.6. The summed E-state index contributed by atoms with van der Waals surface area (Å²) < 4.78 is 0. The van der Waals surface area contributed by atoms with Gasteiger partial charge in [-0.05, 0) is 44.9 Å². The molecule has 7 nitrogen and oxygen atoms in total. The van der Waals surface area contributed by atoms with E-state index in [0.717, 1.165) is 26.7 Å². The van der Waals surface area contributed by atoms with E-state index >= 15 is 0 Å². The molecule has 8 heteroatoms. The fourth-order valence-electron chi connectivity index (χ4n) is 3.69. The largest absolute Gasteiger partial charge is 0.402 e. The molecule has 1 saturated carbocycles. The van der Waals surface area contributed by atoms with Gasteiger partial charge in [0.25, 0.3) is 0 Å². The molecule has 0 atom stereocenters. The molecule has 3 aromatic rings. The molecular formula is C20H23N7S. The molecule has 144 valence electrons. The Morgan fingerprint density at radius 3 is 2.68 bits per heavy atom. The predicted molar refractivity (Wildman–Crippen MR) is 114 cm³/mol.